The predicted octanol–water partition coefficient (Wildman–Crippen LogP) is 0.630. The number of hydrogen-bond donors (Lipinski definition) is 1. The van der Waals surface area contributed by atoms with E-state index in [2.05, 4.69) is 19.0 Å². The summed E-state index contributed by atoms with van der Waals surface area (Å²) in [6.45, 7) is 2.00. The molecule has 0 radical (unpaired) electrons. The first kappa shape index (κ1) is 10.3. The summed E-state index contributed by atoms with van der Waals surface area (Å²) in [6, 6.07) is 0. The highest BCUT2D eigenvalue weighted by atomic mass is 32.2. The predicted molar refractivity (Wildman–Crippen MR) is 49.6 cm³/mol. The third kappa shape index (κ3) is 8.27. The molecule has 0 aromatic heterocycles. The lowest BCUT2D eigenvalue weighted by molar-refractivity contribution is 0.437. The molecule has 0 aliphatic rings. The maximum atomic E-state index is 5.35. The standard InChI is InChI=1S/C7H18N2S/c1-9(2)5-7-10-6-3-4-8/h3-8H2,1-2H3. The summed E-state index contributed by atoms with van der Waals surface area (Å²) in [5.74, 6) is 2.44. The van der Waals surface area contributed by atoms with Crippen LogP contribution in [0.3, 0.4) is 0 Å². The van der Waals surface area contributed by atoms with E-state index < -0.39 is 0 Å². The highest BCUT2D eigenvalue weighted by Gasteiger charge is 1.89. The summed E-state index contributed by atoms with van der Waals surface area (Å²) < 4.78 is 0. The molecule has 0 bridgehead atoms. The number of nitrogens with two attached hydrogens (primary N) is 1. The molecule has 0 aliphatic carbocycles. The molecule has 0 atom stereocenters. The van der Waals surface area contributed by atoms with Crippen molar-refractivity contribution in [3.63, 3.8) is 0 Å². The number of thioether (sulfide) groups is 1. The van der Waals surface area contributed by atoms with Gasteiger partial charge in [-0.1, -0.05) is 0 Å². The molecular formula is C7H18N2S. The maximum absolute atomic E-state index is 5.35. The van der Waals surface area contributed by atoms with Gasteiger partial charge in [0.15, 0.2) is 0 Å². The van der Waals surface area contributed by atoms with Crippen molar-refractivity contribution in [3.05, 3.63) is 0 Å². The van der Waals surface area contributed by atoms with Crippen molar-refractivity contribution in [2.75, 3.05) is 38.7 Å². The van der Waals surface area contributed by atoms with Gasteiger partial charge in [0.05, 0.1) is 0 Å². The quantitative estimate of drug-likeness (QED) is 0.581. The Morgan fingerprint density at radius 2 is 2.00 bits per heavy atom. The Morgan fingerprint density at radius 1 is 1.30 bits per heavy atom. The van der Waals surface area contributed by atoms with Crippen LogP contribution in [0.5, 0.6) is 0 Å². The van der Waals surface area contributed by atoms with Gasteiger partial charge in [0.25, 0.3) is 0 Å². The number of hydrogen-bond acceptors (Lipinski definition) is 3. The molecule has 0 saturated heterocycles. The molecule has 0 unspecified atom stereocenters. The number of rotatable bonds is 6. The first-order valence-corrected chi connectivity index (χ1v) is 4.85. The third-order valence-corrected chi connectivity index (χ3v) is 2.22. The normalized spacial score (nSPS) is 10.8. The molecule has 0 rings (SSSR count). The van der Waals surface area contributed by atoms with Gasteiger partial charge in [-0.3, -0.25) is 0 Å². The fraction of sp³-hybridized carbons (Fsp3) is 1.00. The monoisotopic (exact) mass is 162 g/mol. The van der Waals surface area contributed by atoms with Gasteiger partial charge < -0.3 is 10.6 Å². The van der Waals surface area contributed by atoms with Crippen LogP contribution >= 0.6 is 11.8 Å². The first-order valence-electron chi connectivity index (χ1n) is 3.70. The van der Waals surface area contributed by atoms with Crippen LogP contribution in [0.1, 0.15) is 6.42 Å². The van der Waals surface area contributed by atoms with E-state index in [9.17, 15) is 0 Å². The van der Waals surface area contributed by atoms with Crippen LogP contribution < -0.4 is 5.73 Å². The lowest BCUT2D eigenvalue weighted by atomic mass is 10.5. The van der Waals surface area contributed by atoms with E-state index in [1.165, 1.54) is 18.1 Å². The SMILES string of the molecule is CN(C)CCSCCCN. The maximum Gasteiger partial charge on any atom is 0.00662 e. The fourth-order valence-electron chi connectivity index (χ4n) is 0.535. The second-order valence-electron chi connectivity index (χ2n) is 2.56. The molecule has 2 N–H and O–H groups in total. The van der Waals surface area contributed by atoms with Crippen LogP contribution in [-0.2, 0) is 0 Å². The van der Waals surface area contributed by atoms with Crippen molar-refractivity contribution in [1.29, 1.82) is 0 Å². The van der Waals surface area contributed by atoms with Gasteiger partial charge in [-0.25, -0.2) is 0 Å². The summed E-state index contributed by atoms with van der Waals surface area (Å²) in [5, 5.41) is 0. The van der Waals surface area contributed by atoms with Crippen LogP contribution in [0.25, 0.3) is 0 Å². The van der Waals surface area contributed by atoms with Gasteiger partial charge in [-0.05, 0) is 32.8 Å². The molecule has 62 valence electrons. The topological polar surface area (TPSA) is 29.3 Å². The molecule has 0 aromatic rings. The Hall–Kier alpha value is 0.270. The van der Waals surface area contributed by atoms with E-state index >= 15 is 0 Å². The molecule has 0 spiro atoms. The van der Waals surface area contributed by atoms with Crippen molar-refractivity contribution < 1.29 is 0 Å². The van der Waals surface area contributed by atoms with Gasteiger partial charge in [0.1, 0.15) is 0 Å². The highest BCUT2D eigenvalue weighted by Crippen LogP contribution is 2.00. The Morgan fingerprint density at radius 3 is 2.50 bits per heavy atom. The summed E-state index contributed by atoms with van der Waals surface area (Å²) in [6.07, 6.45) is 1.15. The zero-order valence-corrected chi connectivity index (χ0v) is 7.78. The Bertz CT molecular complexity index is 66.6. The second kappa shape index (κ2) is 7.38. The zero-order chi connectivity index (χ0) is 7.82. The van der Waals surface area contributed by atoms with Crippen LogP contribution in [0.4, 0.5) is 0 Å². The molecular weight excluding hydrogens is 144 g/mol. The summed E-state index contributed by atoms with van der Waals surface area (Å²) in [7, 11) is 4.20. The van der Waals surface area contributed by atoms with Gasteiger partial charge >= 0.3 is 0 Å². The van der Waals surface area contributed by atoms with Crippen molar-refractivity contribution in [3.8, 4) is 0 Å². The van der Waals surface area contributed by atoms with Crippen LogP contribution in [0, 0.1) is 0 Å². The molecule has 0 aromatic carbocycles. The largest absolute Gasteiger partial charge is 0.330 e. The highest BCUT2D eigenvalue weighted by molar-refractivity contribution is 7.99. The molecule has 10 heavy (non-hydrogen) atoms. The molecule has 3 heteroatoms. The van der Waals surface area contributed by atoms with Gasteiger partial charge in [0, 0.05) is 12.3 Å². The molecule has 0 fully saturated rings. The summed E-state index contributed by atoms with van der Waals surface area (Å²) >= 11 is 1.98. The first-order chi connectivity index (χ1) is 4.77. The number of nitrogens with zero attached hydrogens (tertiary/aromatic N) is 1. The van der Waals surface area contributed by atoms with Crippen molar-refractivity contribution in [1.82, 2.24) is 4.90 Å². The van der Waals surface area contributed by atoms with E-state index in [0.717, 1.165) is 13.0 Å². The van der Waals surface area contributed by atoms with Crippen LogP contribution in [0.15, 0.2) is 0 Å². The minimum atomic E-state index is 0.828. The van der Waals surface area contributed by atoms with E-state index in [0.29, 0.717) is 0 Å². The van der Waals surface area contributed by atoms with Gasteiger partial charge in [-0.15, -0.1) is 0 Å². The third-order valence-electron chi connectivity index (χ3n) is 1.18. The summed E-state index contributed by atoms with van der Waals surface area (Å²) in [4.78, 5) is 2.20. The smallest absolute Gasteiger partial charge is 0.00662 e. The van der Waals surface area contributed by atoms with Crippen molar-refractivity contribution in [2.45, 2.75) is 6.42 Å². The van der Waals surface area contributed by atoms with Crippen LogP contribution in [0.2, 0.25) is 0 Å². The van der Waals surface area contributed by atoms with Crippen molar-refractivity contribution >= 4 is 11.8 Å². The van der Waals surface area contributed by atoms with Gasteiger partial charge in [0.2, 0.25) is 0 Å². The average Bonchev–Trinajstić information content (AvgIpc) is 1.87. The molecule has 2 nitrogen and oxygen atoms in total. The van der Waals surface area contributed by atoms with E-state index in [4.69, 9.17) is 5.73 Å². The lowest BCUT2D eigenvalue weighted by Crippen LogP contribution is -2.15. The van der Waals surface area contributed by atoms with Crippen molar-refractivity contribution in [2.24, 2.45) is 5.73 Å². The Kier molecular flexibility index (Phi) is 7.58. The molecule has 0 aliphatic heterocycles. The minimum Gasteiger partial charge on any atom is -0.330 e. The van der Waals surface area contributed by atoms with E-state index in [1.807, 2.05) is 11.8 Å². The zero-order valence-electron chi connectivity index (χ0n) is 6.97. The lowest BCUT2D eigenvalue weighted by Gasteiger charge is -2.07. The van der Waals surface area contributed by atoms with Crippen LogP contribution in [-0.4, -0.2) is 43.6 Å². The Labute approximate surface area is 68.2 Å². The minimum absolute atomic E-state index is 0.828. The van der Waals surface area contributed by atoms with E-state index in [1.54, 1.807) is 0 Å². The fourth-order valence-corrected chi connectivity index (χ4v) is 1.60. The molecule has 0 saturated carbocycles. The molecule has 0 amide bonds. The van der Waals surface area contributed by atoms with E-state index in [-0.39, 0.29) is 0 Å². The molecule has 0 heterocycles. The average molecular weight is 162 g/mol. The second-order valence-corrected chi connectivity index (χ2v) is 3.78. The van der Waals surface area contributed by atoms with Gasteiger partial charge in [-0.2, -0.15) is 11.8 Å². The Balaban J connectivity index is 2.77. The summed E-state index contributed by atoms with van der Waals surface area (Å²) in [5.41, 5.74) is 5.35.